The molecule has 2 aromatic rings. The van der Waals surface area contributed by atoms with Crippen molar-refractivity contribution in [2.75, 3.05) is 19.0 Å². The summed E-state index contributed by atoms with van der Waals surface area (Å²) in [6, 6.07) is 4.17. The fourth-order valence-electron chi connectivity index (χ4n) is 1.63. The van der Waals surface area contributed by atoms with E-state index in [0.717, 1.165) is 17.9 Å². The second kappa shape index (κ2) is 6.11. The van der Waals surface area contributed by atoms with Gasteiger partial charge in [-0.3, -0.25) is 0 Å². The number of aromatic nitrogens is 4. The smallest absolute Gasteiger partial charge is 0.155 e. The molecule has 0 saturated heterocycles. The molecule has 2 aromatic heterocycles. The second-order valence-corrected chi connectivity index (χ2v) is 3.95. The van der Waals surface area contributed by atoms with Crippen molar-refractivity contribution in [1.82, 2.24) is 19.7 Å². The molecule has 0 aromatic carbocycles. The largest absolute Gasteiger partial charge is 0.383 e. The number of nitrogens with zero attached hydrogens (tertiary/aromatic N) is 4. The first kappa shape index (κ1) is 12.5. The van der Waals surface area contributed by atoms with Gasteiger partial charge in [0.1, 0.15) is 12.7 Å². The predicted octanol–water partition coefficient (Wildman–Crippen LogP) is 1.50. The van der Waals surface area contributed by atoms with E-state index in [4.69, 9.17) is 4.74 Å². The van der Waals surface area contributed by atoms with Gasteiger partial charge in [-0.05, 0) is 18.6 Å². The zero-order valence-electron chi connectivity index (χ0n) is 10.6. The summed E-state index contributed by atoms with van der Waals surface area (Å²) in [4.78, 5) is 8.21. The van der Waals surface area contributed by atoms with Crippen molar-refractivity contribution < 1.29 is 4.74 Å². The van der Waals surface area contributed by atoms with Crippen LogP contribution in [0.1, 0.15) is 13.3 Å². The van der Waals surface area contributed by atoms with E-state index in [2.05, 4.69) is 27.3 Å². The van der Waals surface area contributed by atoms with Gasteiger partial charge in [0.25, 0.3) is 0 Å². The Labute approximate surface area is 106 Å². The molecule has 2 rings (SSSR count). The molecule has 1 atom stereocenters. The molecular weight excluding hydrogens is 230 g/mol. The second-order valence-electron chi connectivity index (χ2n) is 3.95. The highest BCUT2D eigenvalue weighted by molar-refractivity contribution is 5.44. The molecule has 0 aliphatic rings. The first-order chi connectivity index (χ1) is 8.83. The number of pyridine rings is 1. The Bertz CT molecular complexity index is 454. The van der Waals surface area contributed by atoms with Crippen molar-refractivity contribution in [3.63, 3.8) is 0 Å². The van der Waals surface area contributed by atoms with Crippen LogP contribution in [0.15, 0.2) is 31.0 Å². The number of hydrogen-bond acceptors (Lipinski definition) is 5. The fraction of sp³-hybridized carbons (Fsp3) is 0.417. The highest BCUT2D eigenvalue weighted by Crippen LogP contribution is 2.11. The molecule has 0 radical (unpaired) electrons. The summed E-state index contributed by atoms with van der Waals surface area (Å²) >= 11 is 0. The number of rotatable bonds is 6. The zero-order valence-corrected chi connectivity index (χ0v) is 10.6. The predicted molar refractivity (Wildman–Crippen MR) is 68.7 cm³/mol. The molecule has 0 aliphatic heterocycles. The Morgan fingerprint density at radius 1 is 1.44 bits per heavy atom. The van der Waals surface area contributed by atoms with Crippen molar-refractivity contribution in [3.8, 4) is 5.82 Å². The number of nitrogens with one attached hydrogen (secondary N) is 1. The third kappa shape index (κ3) is 3.04. The Hall–Kier alpha value is -1.95. The minimum Gasteiger partial charge on any atom is -0.383 e. The van der Waals surface area contributed by atoms with Gasteiger partial charge in [-0.15, -0.1) is 0 Å². The lowest BCUT2D eigenvalue weighted by Gasteiger charge is -2.17. The standard InChI is InChI=1S/C12H17N5O/c1-3-10(7-18-2)16-11-4-5-12(14-6-11)17-9-13-8-15-17/h4-6,8-10,16H,3,7H2,1-2H3. The molecular formula is C12H17N5O. The fourth-order valence-corrected chi connectivity index (χ4v) is 1.63. The normalized spacial score (nSPS) is 12.3. The van der Waals surface area contributed by atoms with Crippen LogP contribution in [-0.4, -0.2) is 39.5 Å². The van der Waals surface area contributed by atoms with Gasteiger partial charge in [0.05, 0.1) is 18.5 Å². The molecule has 6 nitrogen and oxygen atoms in total. The lowest BCUT2D eigenvalue weighted by molar-refractivity contribution is 0.184. The number of anilines is 1. The molecule has 0 fully saturated rings. The number of hydrogen-bond donors (Lipinski definition) is 1. The Kier molecular flexibility index (Phi) is 4.25. The monoisotopic (exact) mass is 247 g/mol. The van der Waals surface area contributed by atoms with Crippen LogP contribution in [0.2, 0.25) is 0 Å². The summed E-state index contributed by atoms with van der Waals surface area (Å²) in [5, 5.41) is 7.39. The van der Waals surface area contributed by atoms with Crippen LogP contribution in [0.25, 0.3) is 5.82 Å². The molecule has 0 saturated carbocycles. The minimum absolute atomic E-state index is 0.300. The molecule has 18 heavy (non-hydrogen) atoms. The first-order valence-corrected chi connectivity index (χ1v) is 5.90. The molecule has 6 heteroatoms. The lowest BCUT2D eigenvalue weighted by atomic mass is 10.2. The van der Waals surface area contributed by atoms with E-state index in [1.165, 1.54) is 6.33 Å². The number of ether oxygens (including phenoxy) is 1. The quantitative estimate of drug-likeness (QED) is 0.838. The summed E-state index contributed by atoms with van der Waals surface area (Å²) < 4.78 is 6.77. The molecule has 96 valence electrons. The molecule has 0 spiro atoms. The number of methoxy groups -OCH3 is 1. The van der Waals surface area contributed by atoms with E-state index >= 15 is 0 Å². The first-order valence-electron chi connectivity index (χ1n) is 5.90. The molecule has 0 amide bonds. The maximum absolute atomic E-state index is 5.14. The SMILES string of the molecule is CCC(COC)Nc1ccc(-n2cncn2)nc1. The van der Waals surface area contributed by atoms with E-state index in [9.17, 15) is 0 Å². The maximum atomic E-state index is 5.14. The van der Waals surface area contributed by atoms with Crippen molar-refractivity contribution >= 4 is 5.69 Å². The Morgan fingerprint density at radius 3 is 2.89 bits per heavy atom. The minimum atomic E-state index is 0.300. The van der Waals surface area contributed by atoms with Gasteiger partial charge < -0.3 is 10.1 Å². The van der Waals surface area contributed by atoms with Gasteiger partial charge in [0, 0.05) is 13.2 Å². The van der Waals surface area contributed by atoms with Crippen LogP contribution in [-0.2, 0) is 4.74 Å². The van der Waals surface area contributed by atoms with E-state index in [-0.39, 0.29) is 0 Å². The van der Waals surface area contributed by atoms with Gasteiger partial charge in [-0.1, -0.05) is 6.92 Å². The van der Waals surface area contributed by atoms with Crippen LogP contribution in [0.4, 0.5) is 5.69 Å². The van der Waals surface area contributed by atoms with E-state index in [0.29, 0.717) is 12.6 Å². The van der Waals surface area contributed by atoms with E-state index < -0.39 is 0 Å². The van der Waals surface area contributed by atoms with Crippen LogP contribution in [0.3, 0.4) is 0 Å². The van der Waals surface area contributed by atoms with Crippen molar-refractivity contribution in [3.05, 3.63) is 31.0 Å². The summed E-state index contributed by atoms with van der Waals surface area (Å²) in [5.74, 6) is 0.748. The molecule has 0 aliphatic carbocycles. The Balaban J connectivity index is 2.03. The highest BCUT2D eigenvalue weighted by atomic mass is 16.5. The van der Waals surface area contributed by atoms with Crippen molar-refractivity contribution in [2.45, 2.75) is 19.4 Å². The van der Waals surface area contributed by atoms with E-state index in [1.54, 1.807) is 24.3 Å². The topological polar surface area (TPSA) is 64.9 Å². The van der Waals surface area contributed by atoms with Gasteiger partial charge in [0.2, 0.25) is 0 Å². The summed E-state index contributed by atoms with van der Waals surface area (Å²) in [6.07, 6.45) is 5.89. The van der Waals surface area contributed by atoms with Crippen molar-refractivity contribution in [2.24, 2.45) is 0 Å². The molecule has 1 N–H and O–H groups in total. The Morgan fingerprint density at radius 2 is 2.33 bits per heavy atom. The average Bonchev–Trinajstić information content (AvgIpc) is 2.93. The average molecular weight is 247 g/mol. The lowest BCUT2D eigenvalue weighted by Crippen LogP contribution is -2.23. The van der Waals surface area contributed by atoms with Crippen molar-refractivity contribution in [1.29, 1.82) is 0 Å². The third-order valence-corrected chi connectivity index (χ3v) is 2.63. The van der Waals surface area contributed by atoms with Gasteiger partial charge in [-0.25, -0.2) is 14.6 Å². The van der Waals surface area contributed by atoms with Crippen LogP contribution in [0, 0.1) is 0 Å². The van der Waals surface area contributed by atoms with Crippen LogP contribution >= 0.6 is 0 Å². The van der Waals surface area contributed by atoms with Crippen LogP contribution < -0.4 is 5.32 Å². The highest BCUT2D eigenvalue weighted by Gasteiger charge is 2.06. The van der Waals surface area contributed by atoms with Gasteiger partial charge >= 0.3 is 0 Å². The molecule has 1 unspecified atom stereocenters. The van der Waals surface area contributed by atoms with E-state index in [1.807, 2.05) is 12.1 Å². The van der Waals surface area contributed by atoms with Crippen LogP contribution in [0.5, 0.6) is 0 Å². The van der Waals surface area contributed by atoms with Gasteiger partial charge in [-0.2, -0.15) is 5.10 Å². The molecule has 0 bridgehead atoms. The summed E-state index contributed by atoms with van der Waals surface area (Å²) in [5.41, 5.74) is 0.975. The third-order valence-electron chi connectivity index (χ3n) is 2.63. The summed E-state index contributed by atoms with van der Waals surface area (Å²) in [7, 11) is 1.70. The molecule has 2 heterocycles. The van der Waals surface area contributed by atoms with Gasteiger partial charge in [0.15, 0.2) is 5.82 Å². The summed E-state index contributed by atoms with van der Waals surface area (Å²) in [6.45, 7) is 2.80. The zero-order chi connectivity index (χ0) is 12.8. The maximum Gasteiger partial charge on any atom is 0.155 e.